The van der Waals surface area contributed by atoms with Gasteiger partial charge in [-0.25, -0.2) is 18.6 Å². The maximum Gasteiger partial charge on any atom is 0.328 e. The molecule has 3 aromatic rings. The minimum absolute atomic E-state index is 0.0197. The molecule has 1 saturated heterocycles. The zero-order chi connectivity index (χ0) is 26.4. The predicted molar refractivity (Wildman–Crippen MR) is 133 cm³/mol. The molecule has 0 radical (unpaired) electrons. The number of imidazole rings is 1. The second-order valence-electron chi connectivity index (χ2n) is 10.1. The molecule has 36 heavy (non-hydrogen) atoms. The van der Waals surface area contributed by atoms with Gasteiger partial charge in [0.1, 0.15) is 24.2 Å². The number of hydrogen-bond donors (Lipinski definition) is 3. The largest absolute Gasteiger partial charge is 0.390 e. The molecule has 0 bridgehead atoms. The van der Waals surface area contributed by atoms with Gasteiger partial charge in [-0.3, -0.25) is 9.13 Å². The van der Waals surface area contributed by atoms with Crippen LogP contribution in [0.4, 0.5) is 26.1 Å². The highest BCUT2D eigenvalue weighted by atomic mass is 19.1. The predicted octanol–water partition coefficient (Wildman–Crippen LogP) is 2.81. The number of pyridine rings is 1. The van der Waals surface area contributed by atoms with Gasteiger partial charge in [-0.2, -0.15) is 5.26 Å². The van der Waals surface area contributed by atoms with Crippen LogP contribution in [0.25, 0.3) is 11.0 Å². The fraction of sp³-hybridized carbons (Fsp3) is 0.480. The number of rotatable bonds is 6. The number of aliphatic hydroxyl groups excluding tert-OH is 1. The number of alkyl halides is 1. The van der Waals surface area contributed by atoms with E-state index in [1.54, 1.807) is 55.5 Å². The number of aromatic nitrogens is 3. The first-order valence-electron chi connectivity index (χ1n) is 11.8. The van der Waals surface area contributed by atoms with E-state index in [2.05, 4.69) is 10.3 Å². The number of halogens is 2. The minimum atomic E-state index is -1.39. The Labute approximate surface area is 207 Å². The lowest BCUT2D eigenvalue weighted by atomic mass is 9.95. The molecule has 9 nitrogen and oxygen atoms in total. The summed E-state index contributed by atoms with van der Waals surface area (Å²) in [7, 11) is 1.66. The van der Waals surface area contributed by atoms with E-state index in [9.17, 15) is 29.1 Å². The highest BCUT2D eigenvalue weighted by Crippen LogP contribution is 2.30. The summed E-state index contributed by atoms with van der Waals surface area (Å²) in [4.78, 5) is 18.7. The third kappa shape index (κ3) is 4.92. The Hall–Kier alpha value is -3.49. The molecule has 11 heteroatoms. The number of aryl methyl sites for hydroxylation is 2. The number of nitriles is 1. The highest BCUT2D eigenvalue weighted by Gasteiger charge is 2.35. The topological polar surface area (TPSA) is 119 Å². The monoisotopic (exact) mass is 500 g/mol. The van der Waals surface area contributed by atoms with E-state index in [1.807, 2.05) is 6.07 Å². The van der Waals surface area contributed by atoms with Gasteiger partial charge in [-0.05, 0) is 44.5 Å². The molecule has 3 N–H and O–H groups in total. The Morgan fingerprint density at radius 3 is 2.64 bits per heavy atom. The van der Waals surface area contributed by atoms with E-state index in [4.69, 9.17) is 0 Å². The zero-order valence-electron chi connectivity index (χ0n) is 20.7. The molecule has 0 aliphatic carbocycles. The minimum Gasteiger partial charge on any atom is -0.390 e. The summed E-state index contributed by atoms with van der Waals surface area (Å²) in [6.07, 6.45) is -2.28. The van der Waals surface area contributed by atoms with E-state index >= 15 is 0 Å². The number of nitrogens with one attached hydrogen (secondary N) is 1. The number of aliphatic hydroxyl groups is 2. The molecule has 4 rings (SSSR count). The summed E-state index contributed by atoms with van der Waals surface area (Å²) < 4.78 is 32.1. The number of hydrogen-bond acceptors (Lipinski definition) is 7. The van der Waals surface area contributed by atoms with Crippen molar-refractivity contribution in [3.05, 3.63) is 46.1 Å². The molecule has 0 spiro atoms. The molecular weight excluding hydrogens is 470 g/mol. The molecule has 1 fully saturated rings. The van der Waals surface area contributed by atoms with Gasteiger partial charge in [0.15, 0.2) is 11.6 Å². The van der Waals surface area contributed by atoms with Crippen LogP contribution in [-0.2, 0) is 13.6 Å². The quantitative estimate of drug-likeness (QED) is 0.476. The van der Waals surface area contributed by atoms with Crippen molar-refractivity contribution in [1.82, 2.24) is 14.1 Å². The first-order chi connectivity index (χ1) is 16.9. The van der Waals surface area contributed by atoms with E-state index in [1.165, 1.54) is 4.57 Å². The van der Waals surface area contributed by atoms with Crippen LogP contribution in [0.15, 0.2) is 29.1 Å². The van der Waals surface area contributed by atoms with Gasteiger partial charge in [-0.1, -0.05) is 6.92 Å². The van der Waals surface area contributed by atoms with E-state index in [0.29, 0.717) is 29.7 Å². The molecule has 0 unspecified atom stereocenters. The Morgan fingerprint density at radius 2 is 2.00 bits per heavy atom. The van der Waals surface area contributed by atoms with Gasteiger partial charge in [0, 0.05) is 38.3 Å². The summed E-state index contributed by atoms with van der Waals surface area (Å²) >= 11 is 0. The summed E-state index contributed by atoms with van der Waals surface area (Å²) in [5.41, 5.74) is 0.530. The van der Waals surface area contributed by atoms with Gasteiger partial charge in [0.05, 0.1) is 22.2 Å². The number of piperidine rings is 1. The third-order valence-electron chi connectivity index (χ3n) is 6.56. The van der Waals surface area contributed by atoms with Crippen LogP contribution in [0.3, 0.4) is 0 Å². The zero-order valence-corrected chi connectivity index (χ0v) is 20.7. The van der Waals surface area contributed by atoms with Crippen molar-refractivity contribution in [2.75, 3.05) is 23.3 Å². The molecule has 0 saturated carbocycles. The van der Waals surface area contributed by atoms with E-state index < -0.39 is 29.6 Å². The summed E-state index contributed by atoms with van der Waals surface area (Å²) in [6, 6.07) is 8.09. The molecule has 1 aromatic carbocycles. The fourth-order valence-electron chi connectivity index (χ4n) is 4.52. The second kappa shape index (κ2) is 9.52. The Balaban J connectivity index is 1.70. The van der Waals surface area contributed by atoms with Gasteiger partial charge in [0.25, 0.3) is 0 Å². The van der Waals surface area contributed by atoms with Gasteiger partial charge in [0.2, 0.25) is 0 Å². The number of fused-ring (bicyclic) bond motifs is 1. The smallest absolute Gasteiger partial charge is 0.328 e. The molecule has 3 atom stereocenters. The van der Waals surface area contributed by atoms with Crippen LogP contribution in [0, 0.1) is 23.1 Å². The van der Waals surface area contributed by atoms with Crippen molar-refractivity contribution in [2.24, 2.45) is 13.0 Å². The van der Waals surface area contributed by atoms with Crippen molar-refractivity contribution >= 4 is 28.4 Å². The molecule has 1 aliphatic heterocycles. The Kier molecular flexibility index (Phi) is 6.77. The van der Waals surface area contributed by atoms with Crippen molar-refractivity contribution < 1.29 is 19.0 Å². The molecule has 0 amide bonds. The lowest BCUT2D eigenvalue weighted by Gasteiger charge is -2.37. The average Bonchev–Trinajstić information content (AvgIpc) is 3.05. The molecule has 1 aliphatic rings. The van der Waals surface area contributed by atoms with Crippen molar-refractivity contribution in [3.63, 3.8) is 0 Å². The number of β-amino-alcohol motifs (C(OH)–C–C–N with tert-alkyl or cyclic N) is 1. The van der Waals surface area contributed by atoms with E-state index in [0.717, 1.165) is 6.07 Å². The van der Waals surface area contributed by atoms with Crippen LogP contribution in [0.2, 0.25) is 0 Å². The fourth-order valence-corrected chi connectivity index (χ4v) is 4.52. The standard InChI is InChI=1S/C25H30F2N6O3/c1-14-12-32(13-20(34)21(14)27)23-15(11-28)9-17(26)22(30-23)29-16-5-6-18-19(10-16)33(24(35)31(18)4)8-7-25(2,3)36/h5-6,9-10,14,20-21,34,36H,7-8,12-13H2,1-4H3,(H,29,30)/t14-,20-,21+/m0/s1. The maximum atomic E-state index is 14.9. The van der Waals surface area contributed by atoms with Crippen LogP contribution in [-0.4, -0.2) is 55.3 Å². The third-order valence-corrected chi connectivity index (χ3v) is 6.56. The molecule has 3 heterocycles. The number of benzene rings is 1. The van der Waals surface area contributed by atoms with Crippen molar-refractivity contribution in [2.45, 2.75) is 51.6 Å². The lowest BCUT2D eigenvalue weighted by Crippen LogP contribution is -2.50. The van der Waals surface area contributed by atoms with Crippen LogP contribution in [0.5, 0.6) is 0 Å². The lowest BCUT2D eigenvalue weighted by molar-refractivity contribution is 0.0348. The first kappa shape index (κ1) is 25.6. The Morgan fingerprint density at radius 1 is 1.28 bits per heavy atom. The maximum absolute atomic E-state index is 14.9. The van der Waals surface area contributed by atoms with Crippen LogP contribution < -0.4 is 15.9 Å². The van der Waals surface area contributed by atoms with Crippen LogP contribution in [0.1, 0.15) is 32.8 Å². The SMILES string of the molecule is C[C@H]1CN(c2nc(Nc3ccc4c(c3)n(CCC(C)(C)O)c(=O)n4C)c(F)cc2C#N)C[C@H](O)[C@@H]1F. The summed E-state index contributed by atoms with van der Waals surface area (Å²) in [6.45, 7) is 5.44. The Bertz CT molecular complexity index is 1380. The molecule has 2 aromatic heterocycles. The van der Waals surface area contributed by atoms with Crippen molar-refractivity contribution in [1.29, 1.82) is 5.26 Å². The molecular formula is C25H30F2N6O3. The average molecular weight is 501 g/mol. The number of nitrogens with zero attached hydrogens (tertiary/aromatic N) is 5. The van der Waals surface area contributed by atoms with Gasteiger partial charge >= 0.3 is 5.69 Å². The second-order valence-corrected chi connectivity index (χ2v) is 10.1. The van der Waals surface area contributed by atoms with Gasteiger partial charge < -0.3 is 20.4 Å². The summed E-state index contributed by atoms with van der Waals surface area (Å²) in [5, 5.41) is 32.6. The van der Waals surface area contributed by atoms with E-state index in [-0.39, 0.29) is 36.0 Å². The van der Waals surface area contributed by atoms with Crippen LogP contribution >= 0.6 is 0 Å². The van der Waals surface area contributed by atoms with Gasteiger partial charge in [-0.15, -0.1) is 0 Å². The van der Waals surface area contributed by atoms with Crippen molar-refractivity contribution in [3.8, 4) is 6.07 Å². The highest BCUT2D eigenvalue weighted by molar-refractivity contribution is 5.81. The first-order valence-corrected chi connectivity index (χ1v) is 11.8. The molecule has 192 valence electrons. The normalized spacial score (nSPS) is 20.5. The number of anilines is 3. The summed E-state index contributed by atoms with van der Waals surface area (Å²) in [5.74, 6) is -1.24.